The van der Waals surface area contributed by atoms with Gasteiger partial charge in [0.05, 0.1) is 23.8 Å². The van der Waals surface area contributed by atoms with Crippen molar-refractivity contribution in [3.63, 3.8) is 0 Å². The van der Waals surface area contributed by atoms with Crippen LogP contribution >= 0.6 is 0 Å². The van der Waals surface area contributed by atoms with E-state index >= 15 is 0 Å². The number of aromatic nitrogens is 2. The first-order valence-electron chi connectivity index (χ1n) is 7.55. The van der Waals surface area contributed by atoms with Crippen molar-refractivity contribution >= 4 is 17.5 Å². The van der Waals surface area contributed by atoms with Crippen molar-refractivity contribution in [3.8, 4) is 0 Å². The molecule has 0 bridgehead atoms. The molecule has 2 saturated heterocycles. The van der Waals surface area contributed by atoms with Gasteiger partial charge in [0, 0.05) is 19.2 Å². The molecule has 0 saturated carbocycles. The van der Waals surface area contributed by atoms with Crippen LogP contribution in [0.5, 0.6) is 0 Å². The van der Waals surface area contributed by atoms with Crippen LogP contribution in [0.4, 0.5) is 5.69 Å². The zero-order chi connectivity index (χ0) is 14.7. The largest absolute Gasteiger partial charge is 0.355 e. The van der Waals surface area contributed by atoms with Gasteiger partial charge in [-0.15, -0.1) is 0 Å². The molecule has 3 heterocycles. The smallest absolute Gasteiger partial charge is 0.229 e. The third-order valence-electron chi connectivity index (χ3n) is 4.19. The Hall–Kier alpha value is -1.89. The highest BCUT2D eigenvalue weighted by atomic mass is 16.2. The fraction of sp³-hybridized carbons (Fsp3) is 0.643. The fourth-order valence-corrected chi connectivity index (χ4v) is 2.87. The number of amides is 2. The third-order valence-corrected chi connectivity index (χ3v) is 4.19. The number of carbonyl (C=O) groups excluding carboxylic acids is 2. The predicted molar refractivity (Wildman–Crippen MR) is 77.7 cm³/mol. The fourth-order valence-electron chi connectivity index (χ4n) is 2.87. The number of rotatable bonds is 3. The molecule has 1 atom stereocenters. The van der Waals surface area contributed by atoms with Crippen molar-refractivity contribution in [1.82, 2.24) is 20.4 Å². The first-order valence-corrected chi connectivity index (χ1v) is 7.55. The topological polar surface area (TPSA) is 88.0 Å². The summed E-state index contributed by atoms with van der Waals surface area (Å²) in [4.78, 5) is 23.3. The normalized spacial score (nSPS) is 23.6. The molecule has 2 amide bonds. The van der Waals surface area contributed by atoms with E-state index in [1.54, 1.807) is 6.20 Å². The lowest BCUT2D eigenvalue weighted by Gasteiger charge is -2.23. The van der Waals surface area contributed by atoms with Gasteiger partial charge in [-0.2, -0.15) is 5.10 Å². The van der Waals surface area contributed by atoms with Crippen LogP contribution in [0.1, 0.15) is 31.7 Å². The Morgan fingerprint density at radius 2 is 2.14 bits per heavy atom. The number of nitrogens with one attached hydrogen (secondary N) is 3. The zero-order valence-corrected chi connectivity index (χ0v) is 12.0. The Labute approximate surface area is 123 Å². The Kier molecular flexibility index (Phi) is 4.19. The zero-order valence-electron chi connectivity index (χ0n) is 12.0. The molecule has 0 aromatic carbocycles. The van der Waals surface area contributed by atoms with Gasteiger partial charge in [0.15, 0.2) is 0 Å². The molecule has 7 heteroatoms. The van der Waals surface area contributed by atoms with Crippen LogP contribution < -0.4 is 16.0 Å². The molecule has 0 radical (unpaired) electrons. The van der Waals surface area contributed by atoms with Gasteiger partial charge in [0.25, 0.3) is 0 Å². The maximum atomic E-state index is 12.2. The van der Waals surface area contributed by atoms with E-state index in [4.69, 9.17) is 0 Å². The van der Waals surface area contributed by atoms with Gasteiger partial charge in [-0.05, 0) is 32.4 Å². The number of hydrogen-bond acceptors (Lipinski definition) is 4. The molecular weight excluding hydrogens is 270 g/mol. The molecule has 0 spiro atoms. The van der Waals surface area contributed by atoms with Crippen molar-refractivity contribution in [2.24, 2.45) is 5.92 Å². The van der Waals surface area contributed by atoms with Crippen molar-refractivity contribution < 1.29 is 9.59 Å². The minimum atomic E-state index is -0.148. The van der Waals surface area contributed by atoms with Crippen molar-refractivity contribution in [2.45, 2.75) is 31.7 Å². The van der Waals surface area contributed by atoms with Crippen LogP contribution in [-0.4, -0.2) is 41.2 Å². The second-order valence-electron chi connectivity index (χ2n) is 5.72. The molecular formula is C14H21N5O2. The van der Waals surface area contributed by atoms with E-state index in [0.717, 1.165) is 31.6 Å². The lowest BCUT2D eigenvalue weighted by atomic mass is 9.98. The third kappa shape index (κ3) is 3.41. The SMILES string of the molecule is O=C1CCC(C(=O)Nc2cnn(C3CCNCC3)c2)CN1. The van der Waals surface area contributed by atoms with Crippen LogP contribution in [0, 0.1) is 5.92 Å². The molecule has 21 heavy (non-hydrogen) atoms. The summed E-state index contributed by atoms with van der Waals surface area (Å²) in [5.41, 5.74) is 0.732. The monoisotopic (exact) mass is 291 g/mol. The van der Waals surface area contributed by atoms with E-state index < -0.39 is 0 Å². The van der Waals surface area contributed by atoms with Crippen molar-refractivity contribution in [2.75, 3.05) is 25.0 Å². The molecule has 3 N–H and O–H groups in total. The van der Waals surface area contributed by atoms with Gasteiger partial charge in [-0.25, -0.2) is 0 Å². The number of anilines is 1. The van der Waals surface area contributed by atoms with E-state index in [1.807, 2.05) is 10.9 Å². The minimum absolute atomic E-state index is 0.0257. The summed E-state index contributed by atoms with van der Waals surface area (Å²) in [6.07, 6.45) is 6.75. The number of nitrogens with zero attached hydrogens (tertiary/aromatic N) is 2. The number of hydrogen-bond donors (Lipinski definition) is 3. The van der Waals surface area contributed by atoms with E-state index in [9.17, 15) is 9.59 Å². The Balaban J connectivity index is 1.56. The quantitative estimate of drug-likeness (QED) is 0.746. The van der Waals surface area contributed by atoms with Crippen LogP contribution in [0.15, 0.2) is 12.4 Å². The molecule has 2 aliphatic heterocycles. The summed E-state index contributed by atoms with van der Waals surface area (Å²) < 4.78 is 1.94. The summed E-state index contributed by atoms with van der Waals surface area (Å²) >= 11 is 0. The molecule has 0 aliphatic carbocycles. The van der Waals surface area contributed by atoms with Crippen LogP contribution in [-0.2, 0) is 9.59 Å². The van der Waals surface area contributed by atoms with E-state index in [1.165, 1.54) is 0 Å². The molecule has 2 fully saturated rings. The Morgan fingerprint density at radius 3 is 2.86 bits per heavy atom. The minimum Gasteiger partial charge on any atom is -0.355 e. The Bertz CT molecular complexity index is 511. The van der Waals surface area contributed by atoms with Gasteiger partial charge >= 0.3 is 0 Å². The van der Waals surface area contributed by atoms with Crippen molar-refractivity contribution in [3.05, 3.63) is 12.4 Å². The molecule has 1 aromatic rings. The van der Waals surface area contributed by atoms with Crippen LogP contribution in [0.25, 0.3) is 0 Å². The lowest BCUT2D eigenvalue weighted by Crippen LogP contribution is -2.40. The van der Waals surface area contributed by atoms with Crippen molar-refractivity contribution in [1.29, 1.82) is 0 Å². The second-order valence-corrected chi connectivity index (χ2v) is 5.72. The molecule has 2 aliphatic rings. The summed E-state index contributed by atoms with van der Waals surface area (Å²) in [6, 6.07) is 0.408. The molecule has 114 valence electrons. The highest BCUT2D eigenvalue weighted by Crippen LogP contribution is 2.20. The highest BCUT2D eigenvalue weighted by Gasteiger charge is 2.25. The maximum Gasteiger partial charge on any atom is 0.229 e. The number of piperidine rings is 2. The molecule has 7 nitrogen and oxygen atoms in total. The first-order chi connectivity index (χ1) is 10.2. The molecule has 1 unspecified atom stereocenters. The Morgan fingerprint density at radius 1 is 1.33 bits per heavy atom. The van der Waals surface area contributed by atoms with Gasteiger partial charge in [-0.1, -0.05) is 0 Å². The van der Waals surface area contributed by atoms with E-state index in [0.29, 0.717) is 25.4 Å². The standard InChI is InChI=1S/C14H21N5O2/c20-13-2-1-10(7-16-13)14(21)18-11-8-17-19(9-11)12-3-5-15-6-4-12/h8-10,12,15H,1-7H2,(H,16,20)(H,18,21). The highest BCUT2D eigenvalue weighted by molar-refractivity contribution is 5.93. The van der Waals surface area contributed by atoms with Gasteiger partial charge in [0.1, 0.15) is 0 Å². The number of carbonyl (C=O) groups is 2. The lowest BCUT2D eigenvalue weighted by molar-refractivity contribution is -0.126. The van der Waals surface area contributed by atoms with Crippen LogP contribution in [0.3, 0.4) is 0 Å². The van der Waals surface area contributed by atoms with Gasteiger partial charge in [-0.3, -0.25) is 14.3 Å². The maximum absolute atomic E-state index is 12.2. The summed E-state index contributed by atoms with van der Waals surface area (Å²) in [6.45, 7) is 2.44. The summed E-state index contributed by atoms with van der Waals surface area (Å²) in [5, 5.41) is 13.3. The van der Waals surface area contributed by atoms with E-state index in [2.05, 4.69) is 21.0 Å². The average molecular weight is 291 g/mol. The molecule has 1 aromatic heterocycles. The average Bonchev–Trinajstić information content (AvgIpc) is 2.97. The second kappa shape index (κ2) is 6.26. The van der Waals surface area contributed by atoms with Gasteiger partial charge in [0.2, 0.25) is 11.8 Å². The molecule has 3 rings (SSSR count). The van der Waals surface area contributed by atoms with Gasteiger partial charge < -0.3 is 16.0 Å². The van der Waals surface area contributed by atoms with Crippen LogP contribution in [0.2, 0.25) is 0 Å². The summed E-state index contributed by atoms with van der Waals surface area (Å²) in [7, 11) is 0. The summed E-state index contributed by atoms with van der Waals surface area (Å²) in [5.74, 6) is -0.164. The predicted octanol–water partition coefficient (Wildman–Crippen LogP) is 0.272. The first kappa shape index (κ1) is 14.1. The van der Waals surface area contributed by atoms with E-state index in [-0.39, 0.29) is 17.7 Å².